The molecule has 10 heteroatoms. The van der Waals surface area contributed by atoms with Crippen LogP contribution in [0.4, 0.5) is 10.5 Å². The maximum atomic E-state index is 13.1. The molecular weight excluding hydrogens is 552 g/mol. The summed E-state index contributed by atoms with van der Waals surface area (Å²) < 4.78 is 17.4. The molecule has 3 aromatic carbocycles. The second-order valence-corrected chi connectivity index (χ2v) is 8.93. The fourth-order valence-corrected chi connectivity index (χ4v) is 4.03. The van der Waals surface area contributed by atoms with E-state index in [0.29, 0.717) is 22.8 Å². The maximum absolute atomic E-state index is 13.1. The van der Waals surface area contributed by atoms with E-state index in [-0.39, 0.29) is 22.9 Å². The zero-order valence-electron chi connectivity index (χ0n) is 19.2. The van der Waals surface area contributed by atoms with Crippen molar-refractivity contribution in [1.82, 2.24) is 5.32 Å². The van der Waals surface area contributed by atoms with E-state index < -0.39 is 17.8 Å². The maximum Gasteiger partial charge on any atom is 0.335 e. The molecule has 1 N–H and O–H groups in total. The molecule has 0 unspecified atom stereocenters. The molecule has 0 saturated carbocycles. The average Bonchev–Trinajstić information content (AvgIpc) is 2.87. The summed E-state index contributed by atoms with van der Waals surface area (Å²) >= 11 is 9.86. The molecule has 1 saturated heterocycles. The average molecular weight is 572 g/mol. The van der Waals surface area contributed by atoms with E-state index in [1.165, 1.54) is 20.3 Å². The molecule has 0 bridgehead atoms. The Morgan fingerprint density at radius 3 is 2.31 bits per heavy atom. The van der Waals surface area contributed by atoms with E-state index in [2.05, 4.69) is 21.2 Å². The predicted molar refractivity (Wildman–Crippen MR) is 138 cm³/mol. The van der Waals surface area contributed by atoms with E-state index in [9.17, 15) is 14.4 Å². The summed E-state index contributed by atoms with van der Waals surface area (Å²) in [5.41, 5.74) is 1.38. The lowest BCUT2D eigenvalue weighted by molar-refractivity contribution is -0.122. The van der Waals surface area contributed by atoms with Crippen LogP contribution >= 0.6 is 27.5 Å². The second kappa shape index (κ2) is 10.8. The Hall–Kier alpha value is -3.82. The van der Waals surface area contributed by atoms with Gasteiger partial charge in [-0.25, -0.2) is 9.69 Å². The molecular formula is C26H20BrClN2O6. The number of rotatable bonds is 7. The van der Waals surface area contributed by atoms with Crippen LogP contribution in [0, 0.1) is 0 Å². The molecule has 3 aromatic rings. The van der Waals surface area contributed by atoms with Crippen molar-refractivity contribution in [3.05, 3.63) is 86.9 Å². The third-order valence-electron chi connectivity index (χ3n) is 5.29. The van der Waals surface area contributed by atoms with Gasteiger partial charge in [0.05, 0.1) is 24.9 Å². The molecule has 184 valence electrons. The number of benzene rings is 3. The lowest BCUT2D eigenvalue weighted by atomic mass is 10.1. The minimum absolute atomic E-state index is 0.227. The Bertz CT molecular complexity index is 1360. The quantitative estimate of drug-likeness (QED) is 0.303. The van der Waals surface area contributed by atoms with E-state index >= 15 is 0 Å². The molecule has 4 amide bonds. The van der Waals surface area contributed by atoms with Gasteiger partial charge in [-0.3, -0.25) is 14.9 Å². The monoisotopic (exact) mass is 570 g/mol. The predicted octanol–water partition coefficient (Wildman–Crippen LogP) is 5.37. The number of anilines is 1. The molecule has 1 heterocycles. The highest BCUT2D eigenvalue weighted by Crippen LogP contribution is 2.38. The highest BCUT2D eigenvalue weighted by Gasteiger charge is 2.36. The smallest absolute Gasteiger partial charge is 0.335 e. The van der Waals surface area contributed by atoms with Crippen molar-refractivity contribution in [2.45, 2.75) is 6.61 Å². The van der Waals surface area contributed by atoms with Crippen molar-refractivity contribution < 1.29 is 28.6 Å². The first-order valence-corrected chi connectivity index (χ1v) is 11.8. The van der Waals surface area contributed by atoms with Crippen LogP contribution in [-0.2, 0) is 16.2 Å². The highest BCUT2D eigenvalue weighted by atomic mass is 79.9. The summed E-state index contributed by atoms with van der Waals surface area (Å²) in [5.74, 6) is -0.406. The van der Waals surface area contributed by atoms with E-state index in [4.69, 9.17) is 25.8 Å². The first-order valence-electron chi connectivity index (χ1n) is 10.6. The van der Waals surface area contributed by atoms with Crippen LogP contribution in [0.2, 0.25) is 5.02 Å². The number of carbonyl (C=O) groups is 3. The number of nitrogens with zero attached hydrogens (tertiary/aromatic N) is 1. The summed E-state index contributed by atoms with van der Waals surface area (Å²) in [7, 11) is 2.96. The Labute approximate surface area is 220 Å². The molecule has 0 radical (unpaired) electrons. The van der Waals surface area contributed by atoms with E-state index in [1.54, 1.807) is 36.4 Å². The first-order chi connectivity index (χ1) is 17.3. The van der Waals surface area contributed by atoms with Crippen LogP contribution in [0.1, 0.15) is 11.1 Å². The van der Waals surface area contributed by atoms with Gasteiger partial charge in [-0.1, -0.05) is 39.7 Å². The van der Waals surface area contributed by atoms with Gasteiger partial charge in [0, 0.05) is 4.47 Å². The van der Waals surface area contributed by atoms with Gasteiger partial charge >= 0.3 is 6.03 Å². The van der Waals surface area contributed by atoms with Crippen LogP contribution in [0.5, 0.6) is 17.2 Å². The fraction of sp³-hybridized carbons (Fsp3) is 0.115. The standard InChI is InChI=1S/C26H20BrClN2O6/c1-34-19-9-7-18(8-10-19)30-25(32)20(24(31)29-26(30)33)11-16-12-21(28)23(22(13-16)35-2)36-14-15-3-5-17(27)6-4-15/h3-13H,14H2,1-2H3,(H,29,31,33)/b20-11+. The largest absolute Gasteiger partial charge is 0.497 e. The van der Waals surface area contributed by atoms with Crippen LogP contribution in [0.25, 0.3) is 6.08 Å². The lowest BCUT2D eigenvalue weighted by Gasteiger charge is -2.26. The number of barbiturate groups is 1. The topological polar surface area (TPSA) is 94.2 Å². The number of methoxy groups -OCH3 is 2. The summed E-state index contributed by atoms with van der Waals surface area (Å²) in [5, 5.41) is 2.42. The van der Waals surface area contributed by atoms with Crippen molar-refractivity contribution in [2.24, 2.45) is 0 Å². The van der Waals surface area contributed by atoms with Gasteiger partial charge in [0.2, 0.25) is 0 Å². The van der Waals surface area contributed by atoms with Gasteiger partial charge in [-0.2, -0.15) is 0 Å². The van der Waals surface area contributed by atoms with Crippen LogP contribution in [0.15, 0.2) is 70.7 Å². The molecule has 0 spiro atoms. The third kappa shape index (κ3) is 5.37. The number of halogens is 2. The van der Waals surface area contributed by atoms with Gasteiger partial charge in [0.25, 0.3) is 11.8 Å². The molecule has 1 aliphatic rings. The molecule has 1 aliphatic heterocycles. The van der Waals surface area contributed by atoms with Crippen molar-refractivity contribution in [2.75, 3.05) is 19.1 Å². The SMILES string of the molecule is COc1ccc(N2C(=O)NC(=O)/C(=C\c3cc(Cl)c(OCc4ccc(Br)cc4)c(OC)c3)C2=O)cc1. The number of hydrogen-bond donors (Lipinski definition) is 1. The molecule has 0 atom stereocenters. The van der Waals surface area contributed by atoms with Crippen molar-refractivity contribution in [3.8, 4) is 17.2 Å². The molecule has 0 aliphatic carbocycles. The molecule has 4 rings (SSSR count). The number of amides is 4. The van der Waals surface area contributed by atoms with Gasteiger partial charge in [-0.05, 0) is 65.7 Å². The van der Waals surface area contributed by atoms with Crippen LogP contribution in [-0.4, -0.2) is 32.1 Å². The van der Waals surface area contributed by atoms with Crippen molar-refractivity contribution >= 4 is 57.1 Å². The number of imide groups is 2. The van der Waals surface area contributed by atoms with E-state index in [1.807, 2.05) is 24.3 Å². The van der Waals surface area contributed by atoms with Crippen LogP contribution in [0.3, 0.4) is 0 Å². The number of ether oxygens (including phenoxy) is 3. The van der Waals surface area contributed by atoms with Crippen LogP contribution < -0.4 is 24.4 Å². The third-order valence-corrected chi connectivity index (χ3v) is 6.10. The Morgan fingerprint density at radius 1 is 0.972 bits per heavy atom. The van der Waals surface area contributed by atoms with Crippen molar-refractivity contribution in [3.63, 3.8) is 0 Å². The van der Waals surface area contributed by atoms with E-state index in [0.717, 1.165) is 14.9 Å². The zero-order chi connectivity index (χ0) is 25.8. The zero-order valence-corrected chi connectivity index (χ0v) is 21.6. The van der Waals surface area contributed by atoms with Gasteiger partial charge in [-0.15, -0.1) is 0 Å². The summed E-state index contributed by atoms with van der Waals surface area (Å²) in [6, 6.07) is 16.2. The fourth-order valence-electron chi connectivity index (χ4n) is 3.49. The van der Waals surface area contributed by atoms with Gasteiger partial charge < -0.3 is 14.2 Å². The molecule has 36 heavy (non-hydrogen) atoms. The molecule has 8 nitrogen and oxygen atoms in total. The number of nitrogens with one attached hydrogen (secondary N) is 1. The number of carbonyl (C=O) groups excluding carboxylic acids is 3. The Kier molecular flexibility index (Phi) is 7.61. The minimum Gasteiger partial charge on any atom is -0.497 e. The first kappa shape index (κ1) is 25.3. The van der Waals surface area contributed by atoms with Crippen molar-refractivity contribution in [1.29, 1.82) is 0 Å². The molecule has 1 fully saturated rings. The lowest BCUT2D eigenvalue weighted by Crippen LogP contribution is -2.54. The summed E-state index contributed by atoms with van der Waals surface area (Å²) in [6.07, 6.45) is 1.34. The Morgan fingerprint density at radius 2 is 1.67 bits per heavy atom. The van der Waals surface area contributed by atoms with Gasteiger partial charge in [0.1, 0.15) is 17.9 Å². The number of urea groups is 1. The second-order valence-electron chi connectivity index (χ2n) is 7.61. The highest BCUT2D eigenvalue weighted by molar-refractivity contribution is 9.10. The summed E-state index contributed by atoms with van der Waals surface area (Å²) in [6.45, 7) is 0.254. The Balaban J connectivity index is 1.62. The minimum atomic E-state index is -0.848. The summed E-state index contributed by atoms with van der Waals surface area (Å²) in [4.78, 5) is 39.0. The normalized spacial score (nSPS) is 14.6. The molecule has 0 aromatic heterocycles. The van der Waals surface area contributed by atoms with Gasteiger partial charge in [0.15, 0.2) is 11.5 Å². The number of hydrogen-bond acceptors (Lipinski definition) is 6.